The summed E-state index contributed by atoms with van der Waals surface area (Å²) in [7, 11) is 3.10. The number of aromatic nitrogens is 3. The zero-order valence-electron chi connectivity index (χ0n) is 19.4. The van der Waals surface area contributed by atoms with Gasteiger partial charge in [-0.25, -0.2) is 9.78 Å². The molecule has 11 heteroatoms. The molecule has 5 rings (SSSR count). The van der Waals surface area contributed by atoms with E-state index >= 15 is 0 Å². The second kappa shape index (κ2) is 9.13. The molecule has 0 unspecified atom stereocenters. The summed E-state index contributed by atoms with van der Waals surface area (Å²) < 4.78 is 8.30. The van der Waals surface area contributed by atoms with Crippen LogP contribution in [0.4, 0.5) is 10.8 Å². The van der Waals surface area contributed by atoms with Gasteiger partial charge in [-0.15, -0.1) is 0 Å². The van der Waals surface area contributed by atoms with E-state index in [1.165, 1.54) is 23.0 Å². The van der Waals surface area contributed by atoms with Crippen molar-refractivity contribution < 1.29 is 9.53 Å². The van der Waals surface area contributed by atoms with Crippen molar-refractivity contribution in [3.05, 3.63) is 45.1 Å². The number of piperazine rings is 1. The van der Waals surface area contributed by atoms with Crippen LogP contribution in [0.1, 0.15) is 12.8 Å². The van der Waals surface area contributed by atoms with Crippen molar-refractivity contribution in [1.29, 1.82) is 0 Å². The number of nitrogens with zero attached hydrogens (tertiary/aromatic N) is 6. The Balaban J connectivity index is 1.36. The number of rotatable bonds is 5. The highest BCUT2D eigenvalue weighted by Crippen LogP contribution is 2.29. The van der Waals surface area contributed by atoms with Crippen molar-refractivity contribution in [1.82, 2.24) is 19.0 Å². The normalized spacial score (nSPS) is 16.5. The van der Waals surface area contributed by atoms with Gasteiger partial charge in [0.05, 0.1) is 12.8 Å². The standard InChI is InChI=1S/C23H28N6O4S/c1-25-21(31)19-20(24-22(34-19)28-9-5-6-10-28)29(23(25)32)15-18(30)27-13-11-26(12-14-27)16-7-3-4-8-17(16)33-2/h3-4,7-8H,5-6,9-15H2,1-2H3. The monoisotopic (exact) mass is 484 g/mol. The molecule has 0 radical (unpaired) electrons. The van der Waals surface area contributed by atoms with Crippen LogP contribution in [0.5, 0.6) is 5.75 Å². The molecule has 2 aliphatic heterocycles. The van der Waals surface area contributed by atoms with E-state index in [2.05, 4.69) is 14.8 Å². The fourth-order valence-corrected chi connectivity index (χ4v) is 5.74. The molecule has 0 spiro atoms. The molecule has 0 aliphatic carbocycles. The van der Waals surface area contributed by atoms with Gasteiger partial charge in [0.15, 0.2) is 10.8 Å². The topological polar surface area (TPSA) is 92.9 Å². The lowest BCUT2D eigenvalue weighted by Gasteiger charge is -2.36. The van der Waals surface area contributed by atoms with Crippen molar-refractivity contribution in [2.75, 3.05) is 56.2 Å². The maximum absolute atomic E-state index is 13.2. The largest absolute Gasteiger partial charge is 0.495 e. The number of carbonyl (C=O) groups excluding carboxylic acids is 1. The third-order valence-corrected chi connectivity index (χ3v) is 7.69. The van der Waals surface area contributed by atoms with Crippen LogP contribution >= 0.6 is 11.3 Å². The van der Waals surface area contributed by atoms with Crippen LogP contribution in [0.2, 0.25) is 0 Å². The summed E-state index contributed by atoms with van der Waals surface area (Å²) in [5.74, 6) is 0.649. The van der Waals surface area contributed by atoms with Gasteiger partial charge in [0.1, 0.15) is 17.0 Å². The number of hydrogen-bond donors (Lipinski definition) is 0. The molecular formula is C23H28N6O4S. The predicted molar refractivity (Wildman–Crippen MR) is 132 cm³/mol. The Labute approximate surface area is 200 Å². The van der Waals surface area contributed by atoms with Gasteiger partial charge in [0.2, 0.25) is 5.91 Å². The van der Waals surface area contributed by atoms with Crippen molar-refractivity contribution in [2.24, 2.45) is 7.05 Å². The summed E-state index contributed by atoms with van der Waals surface area (Å²) in [6.07, 6.45) is 2.17. The zero-order chi connectivity index (χ0) is 23.8. The molecule has 1 aromatic carbocycles. The maximum Gasteiger partial charge on any atom is 0.332 e. The minimum atomic E-state index is -0.517. The van der Waals surface area contributed by atoms with Gasteiger partial charge in [-0.1, -0.05) is 23.5 Å². The first-order valence-electron chi connectivity index (χ1n) is 11.5. The van der Waals surface area contributed by atoms with Crippen molar-refractivity contribution in [2.45, 2.75) is 19.4 Å². The van der Waals surface area contributed by atoms with E-state index in [4.69, 9.17) is 4.74 Å². The lowest BCUT2D eigenvalue weighted by atomic mass is 10.2. The molecule has 3 aromatic rings. The second-order valence-corrected chi connectivity index (χ2v) is 9.59. The molecule has 0 saturated carbocycles. The molecule has 1 amide bonds. The minimum Gasteiger partial charge on any atom is -0.495 e. The first-order valence-corrected chi connectivity index (χ1v) is 12.3. The maximum atomic E-state index is 13.2. The number of ether oxygens (including phenoxy) is 1. The summed E-state index contributed by atoms with van der Waals surface area (Å²) in [4.78, 5) is 49.6. The molecule has 180 valence electrons. The van der Waals surface area contributed by atoms with Crippen molar-refractivity contribution in [3.8, 4) is 5.75 Å². The smallest absolute Gasteiger partial charge is 0.332 e. The zero-order valence-corrected chi connectivity index (χ0v) is 20.2. The van der Waals surface area contributed by atoms with Crippen LogP contribution in [0.25, 0.3) is 10.3 Å². The molecule has 34 heavy (non-hydrogen) atoms. The number of methoxy groups -OCH3 is 1. The molecule has 2 aliphatic rings. The summed E-state index contributed by atoms with van der Waals surface area (Å²) in [6.45, 7) is 4.05. The Kier molecular flexibility index (Phi) is 6.03. The van der Waals surface area contributed by atoms with Crippen molar-refractivity contribution >= 4 is 38.4 Å². The lowest BCUT2D eigenvalue weighted by Crippen LogP contribution is -2.50. The molecule has 0 bridgehead atoms. The SMILES string of the molecule is COc1ccccc1N1CCN(C(=O)Cn2c(=O)n(C)c(=O)c3sc(N4CCCC4)nc32)CC1. The van der Waals surface area contributed by atoms with Gasteiger partial charge in [0.25, 0.3) is 5.56 Å². The number of para-hydroxylation sites is 2. The number of carbonyl (C=O) groups is 1. The van der Waals surface area contributed by atoms with E-state index in [1.807, 2.05) is 24.3 Å². The van der Waals surface area contributed by atoms with Gasteiger partial charge >= 0.3 is 5.69 Å². The Hall–Kier alpha value is -3.34. The number of benzene rings is 1. The quantitative estimate of drug-likeness (QED) is 0.536. The molecule has 2 aromatic heterocycles. The summed E-state index contributed by atoms with van der Waals surface area (Å²) >= 11 is 1.30. The molecule has 2 fully saturated rings. The molecular weight excluding hydrogens is 456 g/mol. The van der Waals surface area contributed by atoms with Crippen LogP contribution in [-0.4, -0.2) is 71.3 Å². The first kappa shape index (κ1) is 22.5. The lowest BCUT2D eigenvalue weighted by molar-refractivity contribution is -0.132. The van der Waals surface area contributed by atoms with Gasteiger partial charge in [-0.3, -0.25) is 18.7 Å². The van der Waals surface area contributed by atoms with E-state index in [0.29, 0.717) is 36.5 Å². The Bertz CT molecular complexity index is 1330. The number of fused-ring (bicyclic) bond motifs is 1. The molecule has 4 heterocycles. The van der Waals surface area contributed by atoms with Gasteiger partial charge in [-0.2, -0.15) is 0 Å². The average Bonchev–Trinajstić information content (AvgIpc) is 3.56. The van der Waals surface area contributed by atoms with Gasteiger partial charge in [-0.05, 0) is 25.0 Å². The van der Waals surface area contributed by atoms with Gasteiger partial charge in [0, 0.05) is 46.3 Å². The minimum absolute atomic E-state index is 0.138. The molecule has 0 atom stereocenters. The van der Waals surface area contributed by atoms with E-state index in [-0.39, 0.29) is 18.0 Å². The number of anilines is 2. The van der Waals surface area contributed by atoms with Gasteiger partial charge < -0.3 is 19.4 Å². The van der Waals surface area contributed by atoms with Crippen LogP contribution in [0.3, 0.4) is 0 Å². The Morgan fingerprint density at radius 1 is 1.03 bits per heavy atom. The van der Waals surface area contributed by atoms with Crippen LogP contribution in [-0.2, 0) is 18.4 Å². The Morgan fingerprint density at radius 2 is 1.74 bits per heavy atom. The molecule has 0 N–H and O–H groups in total. The van der Waals surface area contributed by atoms with Crippen LogP contribution < -0.4 is 25.8 Å². The van der Waals surface area contributed by atoms with E-state index < -0.39 is 5.69 Å². The summed E-state index contributed by atoms with van der Waals surface area (Å²) in [6, 6.07) is 7.84. The van der Waals surface area contributed by atoms with E-state index in [9.17, 15) is 14.4 Å². The summed E-state index contributed by atoms with van der Waals surface area (Å²) in [5.41, 5.74) is 0.430. The molecule has 2 saturated heterocycles. The predicted octanol–water partition coefficient (Wildman–Crippen LogP) is 1.11. The second-order valence-electron chi connectivity index (χ2n) is 8.62. The van der Waals surface area contributed by atoms with Crippen LogP contribution in [0, 0.1) is 0 Å². The van der Waals surface area contributed by atoms with E-state index in [0.717, 1.165) is 47.1 Å². The fraction of sp³-hybridized carbons (Fsp3) is 0.478. The summed E-state index contributed by atoms with van der Waals surface area (Å²) in [5, 5.41) is 0.738. The highest BCUT2D eigenvalue weighted by atomic mass is 32.1. The number of amides is 1. The van der Waals surface area contributed by atoms with Crippen molar-refractivity contribution in [3.63, 3.8) is 0 Å². The fourth-order valence-electron chi connectivity index (χ4n) is 4.64. The highest BCUT2D eigenvalue weighted by molar-refractivity contribution is 7.22. The number of hydrogen-bond acceptors (Lipinski definition) is 8. The highest BCUT2D eigenvalue weighted by Gasteiger charge is 2.26. The Morgan fingerprint density at radius 3 is 2.44 bits per heavy atom. The first-order chi connectivity index (χ1) is 16.5. The molecule has 10 nitrogen and oxygen atoms in total. The van der Waals surface area contributed by atoms with E-state index in [1.54, 1.807) is 12.0 Å². The number of thiazole rings is 1. The third-order valence-electron chi connectivity index (χ3n) is 6.60. The average molecular weight is 485 g/mol. The third kappa shape index (κ3) is 3.93. The van der Waals surface area contributed by atoms with Crippen LogP contribution in [0.15, 0.2) is 33.9 Å².